The number of piperidine rings is 1. The number of rotatable bonds is 6. The molecular weight excluding hydrogens is 292 g/mol. The van der Waals surface area contributed by atoms with Crippen LogP contribution in [0.15, 0.2) is 30.3 Å². The molecule has 2 amide bonds. The van der Waals surface area contributed by atoms with Crippen LogP contribution in [0.1, 0.15) is 37.7 Å². The molecule has 2 rings (SSSR count). The SMILES string of the molecule is COC1CCCN(C(=O)NCC(CC(C)O)c2ccccc2)C1. The van der Waals surface area contributed by atoms with Crippen molar-refractivity contribution in [3.05, 3.63) is 35.9 Å². The number of aliphatic hydroxyl groups is 1. The first kappa shape index (κ1) is 17.8. The lowest BCUT2D eigenvalue weighted by atomic mass is 9.93. The molecule has 128 valence electrons. The molecule has 3 unspecified atom stereocenters. The Hall–Kier alpha value is -1.59. The summed E-state index contributed by atoms with van der Waals surface area (Å²) in [5, 5.41) is 12.7. The molecule has 3 atom stereocenters. The second kappa shape index (κ2) is 8.89. The minimum absolute atomic E-state index is 0.0433. The average molecular weight is 320 g/mol. The van der Waals surface area contributed by atoms with E-state index in [0.29, 0.717) is 19.5 Å². The third kappa shape index (κ3) is 5.52. The van der Waals surface area contributed by atoms with E-state index in [4.69, 9.17) is 4.74 Å². The summed E-state index contributed by atoms with van der Waals surface area (Å²) in [6, 6.07) is 9.99. The third-order valence-electron chi connectivity index (χ3n) is 4.39. The van der Waals surface area contributed by atoms with Crippen molar-refractivity contribution in [3.8, 4) is 0 Å². The first-order valence-corrected chi connectivity index (χ1v) is 8.38. The van der Waals surface area contributed by atoms with Crippen molar-refractivity contribution < 1.29 is 14.6 Å². The molecule has 23 heavy (non-hydrogen) atoms. The van der Waals surface area contributed by atoms with Gasteiger partial charge in [-0.3, -0.25) is 0 Å². The molecule has 1 aliphatic heterocycles. The first-order chi connectivity index (χ1) is 11.1. The van der Waals surface area contributed by atoms with Crippen molar-refractivity contribution in [2.75, 3.05) is 26.7 Å². The van der Waals surface area contributed by atoms with Gasteiger partial charge in [0.05, 0.1) is 12.2 Å². The smallest absolute Gasteiger partial charge is 0.317 e. The lowest BCUT2D eigenvalue weighted by Gasteiger charge is -2.32. The monoisotopic (exact) mass is 320 g/mol. The summed E-state index contributed by atoms with van der Waals surface area (Å²) in [5.74, 6) is 0.114. The zero-order valence-corrected chi connectivity index (χ0v) is 14.1. The first-order valence-electron chi connectivity index (χ1n) is 8.38. The highest BCUT2D eigenvalue weighted by Gasteiger charge is 2.24. The van der Waals surface area contributed by atoms with Crippen molar-refractivity contribution in [1.82, 2.24) is 10.2 Å². The van der Waals surface area contributed by atoms with Gasteiger partial charge < -0.3 is 20.1 Å². The Labute approximate surface area is 138 Å². The molecule has 0 aromatic heterocycles. The van der Waals surface area contributed by atoms with E-state index >= 15 is 0 Å². The quantitative estimate of drug-likeness (QED) is 0.846. The van der Waals surface area contributed by atoms with Gasteiger partial charge >= 0.3 is 6.03 Å². The van der Waals surface area contributed by atoms with Gasteiger partial charge in [-0.05, 0) is 31.7 Å². The largest absolute Gasteiger partial charge is 0.393 e. The molecule has 1 heterocycles. The van der Waals surface area contributed by atoms with Crippen molar-refractivity contribution in [2.45, 2.75) is 44.3 Å². The van der Waals surface area contributed by atoms with E-state index in [0.717, 1.165) is 24.9 Å². The van der Waals surface area contributed by atoms with Crippen LogP contribution in [0.25, 0.3) is 0 Å². The Morgan fingerprint density at radius 3 is 2.83 bits per heavy atom. The van der Waals surface area contributed by atoms with Gasteiger partial charge in [0.1, 0.15) is 0 Å². The number of nitrogens with zero attached hydrogens (tertiary/aromatic N) is 1. The lowest BCUT2D eigenvalue weighted by Crippen LogP contribution is -2.48. The molecule has 1 aromatic carbocycles. The number of benzene rings is 1. The number of likely N-dealkylation sites (tertiary alicyclic amines) is 1. The standard InChI is InChI=1S/C18H28N2O3/c1-14(21)11-16(15-7-4-3-5-8-15)12-19-18(22)20-10-6-9-17(13-20)23-2/h3-5,7-8,14,16-17,21H,6,9-13H2,1-2H3,(H,19,22). The molecule has 5 heteroatoms. The predicted molar refractivity (Wildman–Crippen MR) is 90.5 cm³/mol. The Bertz CT molecular complexity index is 478. The van der Waals surface area contributed by atoms with Crippen LogP contribution in [-0.2, 0) is 4.74 Å². The molecule has 2 N–H and O–H groups in total. The molecular formula is C18H28N2O3. The van der Waals surface area contributed by atoms with Crippen LogP contribution in [0.4, 0.5) is 4.79 Å². The number of nitrogens with one attached hydrogen (secondary N) is 1. The van der Waals surface area contributed by atoms with E-state index in [1.807, 2.05) is 35.2 Å². The molecule has 5 nitrogen and oxygen atoms in total. The van der Waals surface area contributed by atoms with Crippen molar-refractivity contribution >= 4 is 6.03 Å². The molecule has 0 saturated carbocycles. The second-order valence-corrected chi connectivity index (χ2v) is 6.32. The number of ether oxygens (including phenoxy) is 1. The molecule has 1 saturated heterocycles. The summed E-state index contributed by atoms with van der Waals surface area (Å²) < 4.78 is 5.36. The summed E-state index contributed by atoms with van der Waals surface area (Å²) in [5.41, 5.74) is 1.14. The Morgan fingerprint density at radius 1 is 1.43 bits per heavy atom. The van der Waals surface area contributed by atoms with Crippen LogP contribution >= 0.6 is 0 Å². The van der Waals surface area contributed by atoms with E-state index in [2.05, 4.69) is 5.32 Å². The third-order valence-corrected chi connectivity index (χ3v) is 4.39. The van der Waals surface area contributed by atoms with Gasteiger partial charge in [0.15, 0.2) is 0 Å². The number of carbonyl (C=O) groups excluding carboxylic acids is 1. The summed E-state index contributed by atoms with van der Waals surface area (Å²) in [6.45, 7) is 3.74. The zero-order valence-electron chi connectivity index (χ0n) is 14.1. The molecule has 0 aliphatic carbocycles. The maximum atomic E-state index is 12.4. The van der Waals surface area contributed by atoms with Gasteiger partial charge in [0, 0.05) is 32.7 Å². The van der Waals surface area contributed by atoms with Crippen molar-refractivity contribution in [2.24, 2.45) is 0 Å². The minimum atomic E-state index is -0.398. The highest BCUT2D eigenvalue weighted by Crippen LogP contribution is 2.21. The lowest BCUT2D eigenvalue weighted by molar-refractivity contribution is 0.0434. The van der Waals surface area contributed by atoms with E-state index in [-0.39, 0.29) is 18.1 Å². The number of hydrogen-bond acceptors (Lipinski definition) is 3. The number of methoxy groups -OCH3 is 1. The van der Waals surface area contributed by atoms with Crippen molar-refractivity contribution in [3.63, 3.8) is 0 Å². The predicted octanol–water partition coefficient (Wildman–Crippen LogP) is 2.36. The molecule has 1 aromatic rings. The Balaban J connectivity index is 1.91. The maximum absolute atomic E-state index is 12.4. The fourth-order valence-corrected chi connectivity index (χ4v) is 3.11. The molecule has 0 radical (unpaired) electrons. The van der Waals surface area contributed by atoms with Gasteiger partial charge in [-0.2, -0.15) is 0 Å². The van der Waals surface area contributed by atoms with Gasteiger partial charge in [0.25, 0.3) is 0 Å². The van der Waals surface area contributed by atoms with Crippen LogP contribution in [0.5, 0.6) is 0 Å². The summed E-state index contributed by atoms with van der Waals surface area (Å²) in [4.78, 5) is 14.2. The van der Waals surface area contributed by atoms with Gasteiger partial charge in [-0.15, -0.1) is 0 Å². The van der Waals surface area contributed by atoms with Crippen molar-refractivity contribution in [1.29, 1.82) is 0 Å². The Kier molecular flexibility index (Phi) is 6.86. The number of aliphatic hydroxyl groups excluding tert-OH is 1. The molecule has 1 fully saturated rings. The van der Waals surface area contributed by atoms with E-state index in [9.17, 15) is 9.90 Å². The van der Waals surface area contributed by atoms with E-state index in [1.54, 1.807) is 14.0 Å². The Morgan fingerprint density at radius 2 is 2.17 bits per heavy atom. The number of amides is 2. The highest BCUT2D eigenvalue weighted by molar-refractivity contribution is 5.74. The average Bonchev–Trinajstić information content (AvgIpc) is 2.58. The number of hydrogen-bond donors (Lipinski definition) is 2. The summed E-state index contributed by atoms with van der Waals surface area (Å²) in [6.07, 6.45) is 2.35. The van der Waals surface area contributed by atoms with Crippen LogP contribution in [-0.4, -0.2) is 55.0 Å². The fraction of sp³-hybridized carbons (Fsp3) is 0.611. The zero-order chi connectivity index (χ0) is 16.7. The minimum Gasteiger partial charge on any atom is -0.393 e. The van der Waals surface area contributed by atoms with Crippen LogP contribution < -0.4 is 5.32 Å². The summed E-state index contributed by atoms with van der Waals surface area (Å²) in [7, 11) is 1.69. The molecule has 1 aliphatic rings. The normalized spacial score (nSPS) is 20.8. The van der Waals surface area contributed by atoms with Crippen LogP contribution in [0.2, 0.25) is 0 Å². The second-order valence-electron chi connectivity index (χ2n) is 6.32. The number of urea groups is 1. The number of carbonyl (C=O) groups is 1. The fourth-order valence-electron chi connectivity index (χ4n) is 3.11. The molecule has 0 spiro atoms. The molecule has 0 bridgehead atoms. The van der Waals surface area contributed by atoms with E-state index < -0.39 is 6.10 Å². The van der Waals surface area contributed by atoms with E-state index in [1.165, 1.54) is 0 Å². The van der Waals surface area contributed by atoms with Crippen LogP contribution in [0, 0.1) is 0 Å². The summed E-state index contributed by atoms with van der Waals surface area (Å²) >= 11 is 0. The maximum Gasteiger partial charge on any atom is 0.317 e. The van der Waals surface area contributed by atoms with Crippen LogP contribution in [0.3, 0.4) is 0 Å². The highest BCUT2D eigenvalue weighted by atomic mass is 16.5. The van der Waals surface area contributed by atoms with Gasteiger partial charge in [-0.25, -0.2) is 4.79 Å². The van der Waals surface area contributed by atoms with Gasteiger partial charge in [-0.1, -0.05) is 30.3 Å². The van der Waals surface area contributed by atoms with Gasteiger partial charge in [0.2, 0.25) is 0 Å². The topological polar surface area (TPSA) is 61.8 Å².